The number of aromatic nitrogens is 4. The van der Waals surface area contributed by atoms with E-state index in [2.05, 4.69) is 25.5 Å². The van der Waals surface area contributed by atoms with Crippen LogP contribution in [0.25, 0.3) is 10.7 Å². The topological polar surface area (TPSA) is 141 Å². The SMILES string of the molecule is O=C(CO)NCc1cnc(-c2ccc(N(CC3(c4ncccc4F)CCC3)C(=O)O)nn2)s1. The summed E-state index contributed by atoms with van der Waals surface area (Å²) in [6.45, 7) is -0.343. The number of hydrogen-bond acceptors (Lipinski definition) is 8. The Morgan fingerprint density at radius 3 is 2.64 bits per heavy atom. The Morgan fingerprint density at radius 2 is 2.03 bits per heavy atom. The molecule has 1 saturated carbocycles. The van der Waals surface area contributed by atoms with Crippen molar-refractivity contribution in [3.05, 3.63) is 53.0 Å². The maximum Gasteiger partial charge on any atom is 0.413 e. The maximum atomic E-state index is 14.4. The van der Waals surface area contributed by atoms with Crippen LogP contribution in [0.3, 0.4) is 0 Å². The molecule has 3 N–H and O–H groups in total. The predicted octanol–water partition coefficient (Wildman–Crippen LogP) is 2.35. The lowest BCUT2D eigenvalue weighted by Crippen LogP contribution is -2.49. The monoisotopic (exact) mass is 472 g/mol. The van der Waals surface area contributed by atoms with Crippen LogP contribution in [0, 0.1) is 5.82 Å². The Hall–Kier alpha value is -3.51. The lowest BCUT2D eigenvalue weighted by atomic mass is 9.66. The van der Waals surface area contributed by atoms with Crippen molar-refractivity contribution in [2.24, 2.45) is 0 Å². The lowest BCUT2D eigenvalue weighted by molar-refractivity contribution is -0.123. The van der Waals surface area contributed by atoms with E-state index in [0.717, 1.165) is 16.2 Å². The number of hydrogen-bond donors (Lipinski definition) is 3. The van der Waals surface area contributed by atoms with Crippen LogP contribution in [-0.2, 0) is 16.8 Å². The standard InChI is InChI=1S/C21H21FN6O4S/c22-14-3-1-8-23-18(14)21(6-2-7-21)12-28(20(31)32)16-5-4-15(26-27-16)19-25-10-13(33-19)9-24-17(30)11-29/h1,3-5,8,10,29H,2,6-7,9,11-12H2,(H,24,30)(H,31,32). The van der Waals surface area contributed by atoms with Crippen molar-refractivity contribution in [3.8, 4) is 10.7 Å². The molecule has 1 aliphatic carbocycles. The fourth-order valence-electron chi connectivity index (χ4n) is 3.73. The Labute approximate surface area is 192 Å². The van der Waals surface area contributed by atoms with E-state index < -0.39 is 29.8 Å². The van der Waals surface area contributed by atoms with Crippen LogP contribution in [0.1, 0.15) is 29.8 Å². The number of nitrogens with one attached hydrogen (secondary N) is 1. The molecule has 33 heavy (non-hydrogen) atoms. The first kappa shape index (κ1) is 22.7. The van der Waals surface area contributed by atoms with Crippen molar-refractivity contribution in [2.45, 2.75) is 31.2 Å². The third-order valence-corrected chi connectivity index (χ3v) is 6.59. The van der Waals surface area contributed by atoms with Gasteiger partial charge in [0.15, 0.2) is 5.82 Å². The summed E-state index contributed by atoms with van der Waals surface area (Å²) in [5, 5.41) is 29.9. The fraction of sp³-hybridized carbons (Fsp3) is 0.333. The summed E-state index contributed by atoms with van der Waals surface area (Å²) in [6, 6.07) is 5.99. The van der Waals surface area contributed by atoms with Crippen LogP contribution in [0.5, 0.6) is 0 Å². The van der Waals surface area contributed by atoms with E-state index in [9.17, 15) is 19.1 Å². The molecule has 0 bridgehead atoms. The van der Waals surface area contributed by atoms with Crippen molar-refractivity contribution in [3.63, 3.8) is 0 Å². The Kier molecular flexibility index (Phi) is 6.56. The molecule has 2 amide bonds. The van der Waals surface area contributed by atoms with Gasteiger partial charge in [0.05, 0.1) is 12.2 Å². The number of anilines is 1. The average molecular weight is 473 g/mol. The van der Waals surface area contributed by atoms with Gasteiger partial charge in [0, 0.05) is 29.2 Å². The quantitative estimate of drug-likeness (QED) is 0.454. The van der Waals surface area contributed by atoms with Gasteiger partial charge in [0.1, 0.15) is 23.1 Å². The number of amides is 2. The Bertz CT molecular complexity index is 1150. The zero-order valence-electron chi connectivity index (χ0n) is 17.4. The van der Waals surface area contributed by atoms with E-state index in [1.54, 1.807) is 12.3 Å². The molecule has 172 valence electrons. The fourth-order valence-corrected chi connectivity index (χ4v) is 4.55. The van der Waals surface area contributed by atoms with Crippen LogP contribution in [0.15, 0.2) is 36.7 Å². The van der Waals surface area contributed by atoms with Crippen LogP contribution in [0.4, 0.5) is 15.0 Å². The highest BCUT2D eigenvalue weighted by atomic mass is 32.1. The Balaban J connectivity index is 1.52. The maximum absolute atomic E-state index is 14.4. The molecule has 3 heterocycles. The first-order chi connectivity index (χ1) is 15.9. The van der Waals surface area contributed by atoms with E-state index in [1.807, 2.05) is 0 Å². The van der Waals surface area contributed by atoms with E-state index in [0.29, 0.717) is 23.5 Å². The molecule has 0 aliphatic heterocycles. The van der Waals surface area contributed by atoms with Crippen molar-refractivity contribution < 1.29 is 24.2 Å². The van der Waals surface area contributed by atoms with E-state index in [1.165, 1.54) is 35.7 Å². The van der Waals surface area contributed by atoms with E-state index in [4.69, 9.17) is 5.11 Å². The van der Waals surface area contributed by atoms with Crippen LogP contribution >= 0.6 is 11.3 Å². The van der Waals surface area contributed by atoms with Crippen molar-refractivity contribution in [1.29, 1.82) is 0 Å². The highest BCUT2D eigenvalue weighted by molar-refractivity contribution is 7.15. The summed E-state index contributed by atoms with van der Waals surface area (Å²) in [5.41, 5.74) is 0.0199. The summed E-state index contributed by atoms with van der Waals surface area (Å²) in [7, 11) is 0. The largest absolute Gasteiger partial charge is 0.465 e. The van der Waals surface area contributed by atoms with Gasteiger partial charge >= 0.3 is 6.09 Å². The molecule has 0 unspecified atom stereocenters. The van der Waals surface area contributed by atoms with Gasteiger partial charge in [-0.25, -0.2) is 14.2 Å². The number of carboxylic acid groups (broad SMARTS) is 1. The highest BCUT2D eigenvalue weighted by Gasteiger charge is 2.44. The molecule has 0 saturated heterocycles. The van der Waals surface area contributed by atoms with Gasteiger partial charge in [-0.15, -0.1) is 21.5 Å². The number of pyridine rings is 1. The minimum atomic E-state index is -1.21. The molecule has 4 rings (SSSR count). The van der Waals surface area contributed by atoms with Crippen molar-refractivity contribution >= 4 is 29.2 Å². The number of thiazole rings is 1. The lowest BCUT2D eigenvalue weighted by Gasteiger charge is -2.43. The van der Waals surface area contributed by atoms with Gasteiger partial charge < -0.3 is 15.5 Å². The van der Waals surface area contributed by atoms with Crippen molar-refractivity contribution in [2.75, 3.05) is 18.1 Å². The van der Waals surface area contributed by atoms with Gasteiger partial charge in [-0.3, -0.25) is 14.7 Å². The molecular formula is C21H21FN6O4S. The molecule has 0 atom stereocenters. The third-order valence-electron chi connectivity index (χ3n) is 5.57. The number of carbonyl (C=O) groups excluding carboxylic acids is 1. The summed E-state index contributed by atoms with van der Waals surface area (Å²) in [5.74, 6) is -0.808. The number of rotatable bonds is 8. The molecule has 0 aromatic carbocycles. The summed E-state index contributed by atoms with van der Waals surface area (Å²) >= 11 is 1.29. The zero-order chi connectivity index (χ0) is 23.4. The first-order valence-electron chi connectivity index (χ1n) is 10.2. The second-order valence-corrected chi connectivity index (χ2v) is 8.79. The smallest absolute Gasteiger partial charge is 0.413 e. The second-order valence-electron chi connectivity index (χ2n) is 7.68. The second kappa shape index (κ2) is 9.55. The summed E-state index contributed by atoms with van der Waals surface area (Å²) in [4.78, 5) is 33.5. The highest BCUT2D eigenvalue weighted by Crippen LogP contribution is 2.44. The molecule has 12 heteroatoms. The number of carbonyl (C=O) groups is 2. The van der Waals surface area contributed by atoms with Crippen LogP contribution in [-0.4, -0.2) is 55.5 Å². The number of halogens is 1. The molecule has 1 fully saturated rings. The van der Waals surface area contributed by atoms with Gasteiger partial charge in [0.2, 0.25) is 5.91 Å². The van der Waals surface area contributed by atoms with Gasteiger partial charge in [-0.1, -0.05) is 6.42 Å². The predicted molar refractivity (Wildman–Crippen MR) is 117 cm³/mol. The molecular weight excluding hydrogens is 451 g/mol. The minimum Gasteiger partial charge on any atom is -0.465 e. The molecule has 3 aromatic rings. The molecule has 0 radical (unpaired) electrons. The number of nitrogens with zero attached hydrogens (tertiary/aromatic N) is 5. The summed E-state index contributed by atoms with van der Waals surface area (Å²) < 4.78 is 14.4. The molecule has 1 aliphatic rings. The van der Waals surface area contributed by atoms with E-state index in [-0.39, 0.29) is 24.6 Å². The van der Waals surface area contributed by atoms with Crippen LogP contribution < -0.4 is 10.2 Å². The molecule has 10 nitrogen and oxygen atoms in total. The van der Waals surface area contributed by atoms with Gasteiger partial charge in [0.25, 0.3) is 0 Å². The van der Waals surface area contributed by atoms with Crippen LogP contribution in [0.2, 0.25) is 0 Å². The average Bonchev–Trinajstić information content (AvgIpc) is 3.27. The Morgan fingerprint density at radius 1 is 1.21 bits per heavy atom. The minimum absolute atomic E-state index is 0.0241. The third kappa shape index (κ3) is 4.81. The summed E-state index contributed by atoms with van der Waals surface area (Å²) in [6.07, 6.45) is 4.00. The molecule has 3 aromatic heterocycles. The zero-order valence-corrected chi connectivity index (χ0v) is 18.3. The van der Waals surface area contributed by atoms with Crippen molar-refractivity contribution in [1.82, 2.24) is 25.5 Å². The van der Waals surface area contributed by atoms with E-state index >= 15 is 0 Å². The number of aliphatic hydroxyl groups excluding tert-OH is 1. The first-order valence-corrected chi connectivity index (χ1v) is 11.0. The number of aliphatic hydroxyl groups is 1. The van der Waals surface area contributed by atoms with Gasteiger partial charge in [-0.2, -0.15) is 0 Å². The normalized spacial score (nSPS) is 14.4. The van der Waals surface area contributed by atoms with Gasteiger partial charge in [-0.05, 0) is 37.1 Å². The molecule has 0 spiro atoms.